The monoisotopic (exact) mass is 242 g/mol. The number of nitrogens with zero attached hydrogens (tertiary/aromatic N) is 1. The molecule has 92 valence electrons. The molecule has 0 unspecified atom stereocenters. The van der Waals surface area contributed by atoms with E-state index in [4.69, 9.17) is 5.73 Å². The second-order valence-corrected chi connectivity index (χ2v) is 3.78. The van der Waals surface area contributed by atoms with Crippen LogP contribution in [0.25, 0.3) is 0 Å². The van der Waals surface area contributed by atoms with Gasteiger partial charge in [-0.1, -0.05) is 19.1 Å². The van der Waals surface area contributed by atoms with Gasteiger partial charge in [0.1, 0.15) is 0 Å². The molecule has 2 N–H and O–H groups in total. The van der Waals surface area contributed by atoms with Gasteiger partial charge in [0, 0.05) is 24.8 Å². The van der Waals surface area contributed by atoms with Crippen molar-refractivity contribution in [2.24, 2.45) is 5.73 Å². The molecule has 0 saturated carbocycles. The molecule has 16 heavy (non-hydrogen) atoms. The minimum absolute atomic E-state index is 0. The summed E-state index contributed by atoms with van der Waals surface area (Å²) in [6.45, 7) is 8.57. The highest BCUT2D eigenvalue weighted by Gasteiger charge is 2.04. The van der Waals surface area contributed by atoms with Crippen LogP contribution in [0.4, 0.5) is 5.69 Å². The highest BCUT2D eigenvalue weighted by atomic mass is 35.5. The Labute approximate surface area is 105 Å². The Kier molecular flexibility index (Phi) is 7.18. The van der Waals surface area contributed by atoms with Crippen LogP contribution in [0.2, 0.25) is 0 Å². The molecule has 0 saturated heterocycles. The lowest BCUT2D eigenvalue weighted by atomic mass is 10.1. The predicted octanol–water partition coefficient (Wildman–Crippen LogP) is 3.36. The average molecular weight is 243 g/mol. The molecule has 0 aliphatic carbocycles. The highest BCUT2D eigenvalue weighted by molar-refractivity contribution is 5.85. The summed E-state index contributed by atoms with van der Waals surface area (Å²) in [5.41, 5.74) is 8.49. The van der Waals surface area contributed by atoms with Crippen LogP contribution < -0.4 is 10.6 Å². The quantitative estimate of drug-likeness (QED) is 0.858. The van der Waals surface area contributed by atoms with Gasteiger partial charge in [0.05, 0.1) is 0 Å². The molecule has 0 bridgehead atoms. The standard InChI is InChI=1S/C13H22N2.ClH/c1-4-13(14)11-7-9-12(10-8-11)15(5-2)6-3;/h7-10,13H,4-6,14H2,1-3H3;1H/t13-;/m0./s1. The van der Waals surface area contributed by atoms with Gasteiger partial charge in [-0.3, -0.25) is 0 Å². The summed E-state index contributed by atoms with van der Waals surface area (Å²) in [5.74, 6) is 0. The maximum Gasteiger partial charge on any atom is 0.0366 e. The lowest BCUT2D eigenvalue weighted by Crippen LogP contribution is -2.21. The minimum Gasteiger partial charge on any atom is -0.372 e. The molecule has 0 aromatic heterocycles. The molecule has 0 heterocycles. The van der Waals surface area contributed by atoms with E-state index in [0.29, 0.717) is 0 Å². The van der Waals surface area contributed by atoms with E-state index in [0.717, 1.165) is 19.5 Å². The molecule has 0 radical (unpaired) electrons. The molecule has 0 fully saturated rings. The van der Waals surface area contributed by atoms with Crippen molar-refractivity contribution in [1.82, 2.24) is 0 Å². The molecule has 1 aromatic carbocycles. The molecule has 0 amide bonds. The maximum atomic E-state index is 5.97. The normalized spacial score (nSPS) is 11.8. The summed E-state index contributed by atoms with van der Waals surface area (Å²) >= 11 is 0. The third kappa shape index (κ3) is 3.69. The van der Waals surface area contributed by atoms with E-state index in [1.54, 1.807) is 0 Å². The molecular weight excluding hydrogens is 220 g/mol. The molecule has 0 aliphatic heterocycles. The first-order valence-corrected chi connectivity index (χ1v) is 5.83. The lowest BCUT2D eigenvalue weighted by Gasteiger charge is -2.21. The number of hydrogen-bond donors (Lipinski definition) is 1. The van der Waals surface area contributed by atoms with Gasteiger partial charge in [0.25, 0.3) is 0 Å². The summed E-state index contributed by atoms with van der Waals surface area (Å²) in [4.78, 5) is 2.33. The van der Waals surface area contributed by atoms with E-state index >= 15 is 0 Å². The Morgan fingerprint density at radius 3 is 1.94 bits per heavy atom. The Hall–Kier alpha value is -0.730. The zero-order valence-corrected chi connectivity index (χ0v) is 11.3. The Bertz CT molecular complexity index is 280. The van der Waals surface area contributed by atoms with E-state index < -0.39 is 0 Å². The maximum absolute atomic E-state index is 5.97. The van der Waals surface area contributed by atoms with Crippen molar-refractivity contribution in [3.05, 3.63) is 29.8 Å². The van der Waals surface area contributed by atoms with Crippen molar-refractivity contribution in [2.75, 3.05) is 18.0 Å². The van der Waals surface area contributed by atoms with Crippen molar-refractivity contribution in [1.29, 1.82) is 0 Å². The molecule has 1 rings (SSSR count). The first kappa shape index (κ1) is 15.3. The van der Waals surface area contributed by atoms with Gasteiger partial charge in [-0.05, 0) is 38.0 Å². The summed E-state index contributed by atoms with van der Waals surface area (Å²) < 4.78 is 0. The van der Waals surface area contributed by atoms with E-state index in [9.17, 15) is 0 Å². The SMILES string of the molecule is CC[C@H](N)c1ccc(N(CC)CC)cc1.Cl. The summed E-state index contributed by atoms with van der Waals surface area (Å²) in [6.07, 6.45) is 0.991. The number of nitrogens with two attached hydrogens (primary N) is 1. The number of halogens is 1. The highest BCUT2D eigenvalue weighted by Crippen LogP contribution is 2.19. The second-order valence-electron chi connectivity index (χ2n) is 3.78. The largest absolute Gasteiger partial charge is 0.372 e. The Balaban J connectivity index is 0.00000225. The van der Waals surface area contributed by atoms with Crippen LogP contribution in [-0.2, 0) is 0 Å². The van der Waals surface area contributed by atoms with E-state index in [-0.39, 0.29) is 18.4 Å². The minimum atomic E-state index is 0. The third-order valence-corrected chi connectivity index (χ3v) is 2.89. The summed E-state index contributed by atoms with van der Waals surface area (Å²) in [5, 5.41) is 0. The van der Waals surface area contributed by atoms with E-state index in [1.807, 2.05) is 0 Å². The van der Waals surface area contributed by atoms with Crippen LogP contribution in [0.15, 0.2) is 24.3 Å². The lowest BCUT2D eigenvalue weighted by molar-refractivity contribution is 0.698. The second kappa shape index (κ2) is 7.53. The number of anilines is 1. The Morgan fingerprint density at radius 1 is 1.06 bits per heavy atom. The van der Waals surface area contributed by atoms with Gasteiger partial charge in [-0.2, -0.15) is 0 Å². The van der Waals surface area contributed by atoms with E-state index in [1.165, 1.54) is 11.3 Å². The molecule has 0 aliphatic rings. The van der Waals surface area contributed by atoms with E-state index in [2.05, 4.69) is 49.9 Å². The van der Waals surface area contributed by atoms with Crippen LogP contribution >= 0.6 is 12.4 Å². The summed E-state index contributed by atoms with van der Waals surface area (Å²) in [6, 6.07) is 8.79. The zero-order chi connectivity index (χ0) is 11.3. The number of hydrogen-bond acceptors (Lipinski definition) is 2. The van der Waals surface area contributed by atoms with Gasteiger partial charge in [-0.15, -0.1) is 12.4 Å². The molecular formula is C13H23ClN2. The van der Waals surface area contributed by atoms with Crippen molar-refractivity contribution in [3.63, 3.8) is 0 Å². The van der Waals surface area contributed by atoms with Gasteiger partial charge < -0.3 is 10.6 Å². The molecule has 2 nitrogen and oxygen atoms in total. The van der Waals surface area contributed by atoms with Crippen LogP contribution in [-0.4, -0.2) is 13.1 Å². The fraction of sp³-hybridized carbons (Fsp3) is 0.538. The fourth-order valence-electron chi connectivity index (χ4n) is 1.76. The molecule has 3 heteroatoms. The first-order valence-electron chi connectivity index (χ1n) is 5.83. The first-order chi connectivity index (χ1) is 7.22. The number of rotatable bonds is 5. The van der Waals surface area contributed by atoms with Gasteiger partial charge in [0.2, 0.25) is 0 Å². The predicted molar refractivity (Wildman–Crippen MR) is 74.5 cm³/mol. The molecule has 0 spiro atoms. The van der Waals surface area contributed by atoms with Gasteiger partial charge >= 0.3 is 0 Å². The summed E-state index contributed by atoms with van der Waals surface area (Å²) in [7, 11) is 0. The molecule has 1 atom stereocenters. The topological polar surface area (TPSA) is 29.3 Å². The number of benzene rings is 1. The molecule has 1 aromatic rings. The van der Waals surface area contributed by atoms with Gasteiger partial charge in [0.15, 0.2) is 0 Å². The zero-order valence-electron chi connectivity index (χ0n) is 10.4. The Morgan fingerprint density at radius 2 is 1.56 bits per heavy atom. The smallest absolute Gasteiger partial charge is 0.0366 e. The van der Waals surface area contributed by atoms with Crippen LogP contribution in [0, 0.1) is 0 Å². The van der Waals surface area contributed by atoms with Crippen molar-refractivity contribution in [2.45, 2.75) is 33.2 Å². The third-order valence-electron chi connectivity index (χ3n) is 2.89. The van der Waals surface area contributed by atoms with Crippen LogP contribution in [0.1, 0.15) is 38.8 Å². The fourth-order valence-corrected chi connectivity index (χ4v) is 1.76. The van der Waals surface area contributed by atoms with Crippen molar-refractivity contribution in [3.8, 4) is 0 Å². The average Bonchev–Trinajstić information content (AvgIpc) is 2.30. The van der Waals surface area contributed by atoms with Crippen LogP contribution in [0.5, 0.6) is 0 Å². The van der Waals surface area contributed by atoms with Crippen molar-refractivity contribution < 1.29 is 0 Å². The van der Waals surface area contributed by atoms with Gasteiger partial charge in [-0.25, -0.2) is 0 Å². The van der Waals surface area contributed by atoms with Crippen molar-refractivity contribution >= 4 is 18.1 Å². The van der Waals surface area contributed by atoms with Crippen LogP contribution in [0.3, 0.4) is 0 Å².